The molecule has 0 aliphatic rings. The first kappa shape index (κ1) is 20.5. The Morgan fingerprint density at radius 2 is 1.85 bits per heavy atom. The molecule has 5 nitrogen and oxygen atoms in total. The molecule has 1 atom stereocenters. The Labute approximate surface area is 161 Å². The minimum Gasteiger partial charge on any atom is -0.345 e. The number of carbonyl (C=O) groups is 1. The SMILES string of the molecule is CCS(=O)(=O)Nc1ccccc1C(=O)NC(C)c1cc(F)c(Cl)cc1Cl. The molecular weight excluding hydrogens is 402 g/mol. The number of hydrogen-bond donors (Lipinski definition) is 2. The molecule has 0 saturated carbocycles. The van der Waals surface area contributed by atoms with Crippen LogP contribution >= 0.6 is 23.2 Å². The standard InChI is InChI=1S/C17H17Cl2FN2O3S/c1-3-26(24,25)22-16-7-5-4-6-11(16)17(23)21-10(2)12-8-15(20)14(19)9-13(12)18/h4-10,22H,3H2,1-2H3,(H,21,23). The molecule has 0 aliphatic heterocycles. The van der Waals surface area contributed by atoms with Gasteiger partial charge in [0.15, 0.2) is 0 Å². The van der Waals surface area contributed by atoms with Crippen LogP contribution in [0.5, 0.6) is 0 Å². The average Bonchev–Trinajstić information content (AvgIpc) is 2.58. The van der Waals surface area contributed by atoms with Crippen LogP contribution in [-0.2, 0) is 10.0 Å². The Balaban J connectivity index is 2.27. The number of sulfonamides is 1. The molecule has 0 radical (unpaired) electrons. The van der Waals surface area contributed by atoms with Gasteiger partial charge in [-0.15, -0.1) is 0 Å². The molecular formula is C17H17Cl2FN2O3S. The minimum atomic E-state index is -3.54. The van der Waals surface area contributed by atoms with Gasteiger partial charge in [-0.2, -0.15) is 0 Å². The lowest BCUT2D eigenvalue weighted by molar-refractivity contribution is 0.0940. The van der Waals surface area contributed by atoms with Gasteiger partial charge in [-0.1, -0.05) is 35.3 Å². The lowest BCUT2D eigenvalue weighted by Gasteiger charge is -2.18. The van der Waals surface area contributed by atoms with Gasteiger partial charge in [0.25, 0.3) is 5.91 Å². The first-order valence-electron chi connectivity index (χ1n) is 7.69. The maximum atomic E-state index is 13.7. The van der Waals surface area contributed by atoms with Gasteiger partial charge in [0.1, 0.15) is 5.82 Å². The van der Waals surface area contributed by atoms with Crippen LogP contribution in [0.1, 0.15) is 35.8 Å². The number of hydrogen-bond acceptors (Lipinski definition) is 3. The van der Waals surface area contributed by atoms with Crippen LogP contribution < -0.4 is 10.0 Å². The quantitative estimate of drug-likeness (QED) is 0.683. The molecule has 1 amide bonds. The van der Waals surface area contributed by atoms with E-state index >= 15 is 0 Å². The van der Waals surface area contributed by atoms with Crippen LogP contribution in [0.3, 0.4) is 0 Å². The molecule has 9 heteroatoms. The third kappa shape index (κ3) is 4.87. The summed E-state index contributed by atoms with van der Waals surface area (Å²) in [5.74, 6) is -1.31. The van der Waals surface area contributed by atoms with E-state index in [4.69, 9.17) is 23.2 Å². The molecule has 0 heterocycles. The molecule has 0 aliphatic carbocycles. The molecule has 26 heavy (non-hydrogen) atoms. The van der Waals surface area contributed by atoms with Crippen LogP contribution in [0.4, 0.5) is 10.1 Å². The molecule has 0 bridgehead atoms. The van der Waals surface area contributed by atoms with Crippen molar-refractivity contribution in [1.82, 2.24) is 5.32 Å². The Hall–Kier alpha value is -1.83. The van der Waals surface area contributed by atoms with Gasteiger partial charge < -0.3 is 5.32 Å². The molecule has 2 rings (SSSR count). The summed E-state index contributed by atoms with van der Waals surface area (Å²) in [5.41, 5.74) is 0.655. The normalized spacial score (nSPS) is 12.5. The van der Waals surface area contributed by atoms with Gasteiger partial charge in [0.05, 0.1) is 28.1 Å². The van der Waals surface area contributed by atoms with Crippen LogP contribution in [0.15, 0.2) is 36.4 Å². The van der Waals surface area contributed by atoms with Gasteiger partial charge in [0, 0.05) is 5.02 Å². The van der Waals surface area contributed by atoms with E-state index in [0.29, 0.717) is 5.56 Å². The largest absolute Gasteiger partial charge is 0.345 e. The van der Waals surface area contributed by atoms with Gasteiger partial charge in [0.2, 0.25) is 10.0 Å². The van der Waals surface area contributed by atoms with Crippen molar-refractivity contribution in [3.05, 3.63) is 63.4 Å². The van der Waals surface area contributed by atoms with Crippen LogP contribution in [0.25, 0.3) is 0 Å². The van der Waals surface area contributed by atoms with Crippen molar-refractivity contribution in [3.63, 3.8) is 0 Å². The van der Waals surface area contributed by atoms with E-state index in [1.165, 1.54) is 25.1 Å². The van der Waals surface area contributed by atoms with Crippen molar-refractivity contribution >= 4 is 44.8 Å². The van der Waals surface area contributed by atoms with Crippen molar-refractivity contribution < 1.29 is 17.6 Å². The lowest BCUT2D eigenvalue weighted by Crippen LogP contribution is -2.28. The molecule has 0 fully saturated rings. The number of para-hydroxylation sites is 1. The van der Waals surface area contributed by atoms with Crippen molar-refractivity contribution in [2.75, 3.05) is 10.5 Å². The van der Waals surface area contributed by atoms with Crippen molar-refractivity contribution in [2.45, 2.75) is 19.9 Å². The zero-order valence-electron chi connectivity index (χ0n) is 14.0. The monoisotopic (exact) mass is 418 g/mol. The summed E-state index contributed by atoms with van der Waals surface area (Å²) in [4.78, 5) is 12.6. The number of halogens is 3. The Bertz CT molecular complexity index is 936. The molecule has 140 valence electrons. The maximum absolute atomic E-state index is 13.7. The highest BCUT2D eigenvalue weighted by Crippen LogP contribution is 2.29. The molecule has 0 spiro atoms. The highest BCUT2D eigenvalue weighted by molar-refractivity contribution is 7.92. The Morgan fingerprint density at radius 1 is 1.19 bits per heavy atom. The summed E-state index contributed by atoms with van der Waals surface area (Å²) in [7, 11) is -3.54. The molecule has 2 aromatic carbocycles. The second-order valence-electron chi connectivity index (χ2n) is 5.53. The highest BCUT2D eigenvalue weighted by atomic mass is 35.5. The average molecular weight is 419 g/mol. The predicted octanol–water partition coefficient (Wildman–Crippen LogP) is 4.39. The van der Waals surface area contributed by atoms with Crippen molar-refractivity contribution in [2.24, 2.45) is 0 Å². The minimum absolute atomic E-state index is 0.114. The van der Waals surface area contributed by atoms with E-state index in [1.54, 1.807) is 19.1 Å². The first-order valence-corrected chi connectivity index (χ1v) is 10.1. The summed E-state index contributed by atoms with van der Waals surface area (Å²) < 4.78 is 39.6. The van der Waals surface area contributed by atoms with Crippen molar-refractivity contribution in [3.8, 4) is 0 Å². The number of rotatable bonds is 6. The predicted molar refractivity (Wildman–Crippen MR) is 102 cm³/mol. The number of nitrogens with one attached hydrogen (secondary N) is 2. The van der Waals surface area contributed by atoms with Gasteiger partial charge in [-0.05, 0) is 43.7 Å². The van der Waals surface area contributed by atoms with Gasteiger partial charge in [-0.3, -0.25) is 9.52 Å². The second kappa shape index (κ2) is 8.24. The highest BCUT2D eigenvalue weighted by Gasteiger charge is 2.19. The summed E-state index contributed by atoms with van der Waals surface area (Å²) in [6.07, 6.45) is 0. The van der Waals surface area contributed by atoms with Crippen LogP contribution in [0.2, 0.25) is 10.0 Å². The summed E-state index contributed by atoms with van der Waals surface area (Å²) >= 11 is 11.7. The second-order valence-corrected chi connectivity index (χ2v) is 8.36. The van der Waals surface area contributed by atoms with Gasteiger partial charge >= 0.3 is 0 Å². The van der Waals surface area contributed by atoms with Gasteiger partial charge in [-0.25, -0.2) is 12.8 Å². The molecule has 2 aromatic rings. The van der Waals surface area contributed by atoms with E-state index in [2.05, 4.69) is 10.0 Å². The third-order valence-electron chi connectivity index (χ3n) is 3.67. The fourth-order valence-electron chi connectivity index (χ4n) is 2.23. The zero-order valence-corrected chi connectivity index (χ0v) is 16.3. The molecule has 0 aromatic heterocycles. The lowest BCUT2D eigenvalue weighted by atomic mass is 10.1. The topological polar surface area (TPSA) is 75.3 Å². The van der Waals surface area contributed by atoms with E-state index in [1.807, 2.05) is 0 Å². The summed E-state index contributed by atoms with van der Waals surface area (Å²) in [6.45, 7) is 3.12. The molecule has 2 N–H and O–H groups in total. The summed E-state index contributed by atoms with van der Waals surface area (Å²) in [5, 5.41) is 2.77. The number of carbonyl (C=O) groups excluding carboxylic acids is 1. The number of benzene rings is 2. The first-order chi connectivity index (χ1) is 12.1. The summed E-state index contributed by atoms with van der Waals surface area (Å²) in [6, 6.07) is 7.98. The fraction of sp³-hybridized carbons (Fsp3) is 0.235. The smallest absolute Gasteiger partial charge is 0.253 e. The van der Waals surface area contributed by atoms with E-state index in [-0.39, 0.29) is 27.0 Å². The van der Waals surface area contributed by atoms with Crippen LogP contribution in [0, 0.1) is 5.82 Å². The fourth-order valence-corrected chi connectivity index (χ4v) is 3.44. The number of anilines is 1. The third-order valence-corrected chi connectivity index (χ3v) is 5.58. The zero-order chi connectivity index (χ0) is 19.5. The Morgan fingerprint density at radius 3 is 2.50 bits per heavy atom. The molecule has 1 unspecified atom stereocenters. The van der Waals surface area contributed by atoms with E-state index < -0.39 is 27.8 Å². The van der Waals surface area contributed by atoms with E-state index in [9.17, 15) is 17.6 Å². The maximum Gasteiger partial charge on any atom is 0.253 e. The Kier molecular flexibility index (Phi) is 6.49. The molecule has 0 saturated heterocycles. The van der Waals surface area contributed by atoms with Crippen molar-refractivity contribution in [1.29, 1.82) is 0 Å². The van der Waals surface area contributed by atoms with E-state index in [0.717, 1.165) is 6.07 Å². The number of amides is 1. The van der Waals surface area contributed by atoms with Crippen LogP contribution in [-0.4, -0.2) is 20.1 Å².